The lowest BCUT2D eigenvalue weighted by atomic mass is 10.1. The second kappa shape index (κ2) is 4.47. The molecule has 18 heavy (non-hydrogen) atoms. The molecule has 0 saturated heterocycles. The minimum Gasteiger partial charge on any atom is -0.481 e. The minimum atomic E-state index is -0.897. The summed E-state index contributed by atoms with van der Waals surface area (Å²) in [5, 5.41) is 26.4. The standard InChI is InChI=1S/C10H12N4O4/c1-13-5-8(14(17)18)9(12-13)11-7-3-2-6(4-7)10(15)16/h2-3,5-7H,4H2,1H3,(H,11,12)(H,15,16). The SMILES string of the molecule is Cn1cc([N+](=O)[O-])c(NC2C=CC(C(=O)O)C2)n1. The molecule has 1 aliphatic carbocycles. The van der Waals surface area contributed by atoms with E-state index < -0.39 is 16.8 Å². The van der Waals surface area contributed by atoms with Crippen molar-refractivity contribution in [1.82, 2.24) is 9.78 Å². The van der Waals surface area contributed by atoms with E-state index in [9.17, 15) is 14.9 Å². The van der Waals surface area contributed by atoms with Gasteiger partial charge in [-0.1, -0.05) is 12.2 Å². The molecule has 0 aliphatic heterocycles. The molecule has 1 heterocycles. The van der Waals surface area contributed by atoms with Crippen LogP contribution in [0.1, 0.15) is 6.42 Å². The van der Waals surface area contributed by atoms with Crippen molar-refractivity contribution in [3.8, 4) is 0 Å². The lowest BCUT2D eigenvalue weighted by Gasteiger charge is -2.10. The van der Waals surface area contributed by atoms with Gasteiger partial charge < -0.3 is 10.4 Å². The molecule has 0 spiro atoms. The number of anilines is 1. The molecule has 0 radical (unpaired) electrons. The first-order valence-corrected chi connectivity index (χ1v) is 5.33. The van der Waals surface area contributed by atoms with E-state index in [0.29, 0.717) is 6.42 Å². The van der Waals surface area contributed by atoms with Crippen LogP contribution in [-0.4, -0.2) is 31.8 Å². The van der Waals surface area contributed by atoms with Crippen molar-refractivity contribution in [2.75, 3.05) is 5.32 Å². The van der Waals surface area contributed by atoms with Crippen LogP contribution in [0.5, 0.6) is 0 Å². The van der Waals surface area contributed by atoms with Gasteiger partial charge in [-0.2, -0.15) is 0 Å². The first-order valence-electron chi connectivity index (χ1n) is 5.33. The zero-order valence-corrected chi connectivity index (χ0v) is 9.61. The predicted octanol–water partition coefficient (Wildman–Crippen LogP) is 0.769. The summed E-state index contributed by atoms with van der Waals surface area (Å²) in [5.41, 5.74) is -0.121. The van der Waals surface area contributed by atoms with Crippen LogP contribution in [0.4, 0.5) is 11.5 Å². The summed E-state index contributed by atoms with van der Waals surface area (Å²) in [6.45, 7) is 0. The highest BCUT2D eigenvalue weighted by Gasteiger charge is 2.27. The highest BCUT2D eigenvalue weighted by atomic mass is 16.6. The third kappa shape index (κ3) is 2.31. The topological polar surface area (TPSA) is 110 Å². The summed E-state index contributed by atoms with van der Waals surface area (Å²) >= 11 is 0. The number of aliphatic carboxylic acids is 1. The number of rotatable bonds is 4. The predicted molar refractivity (Wildman–Crippen MR) is 62.2 cm³/mol. The van der Waals surface area contributed by atoms with Crippen molar-refractivity contribution in [2.45, 2.75) is 12.5 Å². The molecule has 0 bridgehead atoms. The quantitative estimate of drug-likeness (QED) is 0.465. The van der Waals surface area contributed by atoms with Gasteiger partial charge in [-0.05, 0) is 6.42 Å². The first kappa shape index (κ1) is 12.1. The third-order valence-electron chi connectivity index (χ3n) is 2.73. The van der Waals surface area contributed by atoms with Crippen LogP contribution in [0.25, 0.3) is 0 Å². The summed E-state index contributed by atoms with van der Waals surface area (Å²) < 4.78 is 1.34. The molecule has 1 aromatic rings. The zero-order chi connectivity index (χ0) is 13.3. The van der Waals surface area contributed by atoms with E-state index in [1.165, 1.54) is 10.9 Å². The molecule has 2 rings (SSSR count). The smallest absolute Gasteiger partial charge is 0.330 e. The van der Waals surface area contributed by atoms with Gasteiger partial charge in [0.2, 0.25) is 5.82 Å². The van der Waals surface area contributed by atoms with Crippen LogP contribution < -0.4 is 5.32 Å². The number of hydrogen-bond acceptors (Lipinski definition) is 5. The first-order chi connectivity index (χ1) is 8.47. The number of aryl methyl sites for hydroxylation is 1. The maximum Gasteiger partial charge on any atom is 0.330 e. The Hall–Kier alpha value is -2.38. The maximum absolute atomic E-state index is 10.8. The Balaban J connectivity index is 2.10. The number of hydrogen-bond donors (Lipinski definition) is 2. The highest BCUT2D eigenvalue weighted by Crippen LogP contribution is 2.26. The van der Waals surface area contributed by atoms with Crippen LogP contribution in [0.2, 0.25) is 0 Å². The average molecular weight is 252 g/mol. The lowest BCUT2D eigenvalue weighted by molar-refractivity contribution is -0.384. The van der Waals surface area contributed by atoms with E-state index in [0.717, 1.165) is 0 Å². The second-order valence-electron chi connectivity index (χ2n) is 4.11. The molecular formula is C10H12N4O4. The normalized spacial score (nSPS) is 22.1. The van der Waals surface area contributed by atoms with Crippen LogP contribution in [0, 0.1) is 16.0 Å². The maximum atomic E-state index is 10.8. The Morgan fingerprint density at radius 1 is 1.67 bits per heavy atom. The van der Waals surface area contributed by atoms with E-state index in [4.69, 9.17) is 5.11 Å². The van der Waals surface area contributed by atoms with Crippen molar-refractivity contribution >= 4 is 17.5 Å². The number of nitrogens with zero attached hydrogens (tertiary/aromatic N) is 3. The molecule has 1 aliphatic rings. The highest BCUT2D eigenvalue weighted by molar-refractivity contribution is 5.73. The summed E-state index contributed by atoms with van der Waals surface area (Å²) in [7, 11) is 1.59. The van der Waals surface area contributed by atoms with Crippen molar-refractivity contribution in [3.05, 3.63) is 28.5 Å². The number of nitrogens with one attached hydrogen (secondary N) is 1. The Morgan fingerprint density at radius 2 is 2.39 bits per heavy atom. The largest absolute Gasteiger partial charge is 0.481 e. The van der Waals surface area contributed by atoms with Gasteiger partial charge in [0.15, 0.2) is 0 Å². The van der Waals surface area contributed by atoms with Gasteiger partial charge in [0.1, 0.15) is 6.20 Å². The van der Waals surface area contributed by atoms with Gasteiger partial charge in [-0.3, -0.25) is 19.6 Å². The lowest BCUT2D eigenvalue weighted by Crippen LogP contribution is -2.19. The molecule has 0 saturated carbocycles. The summed E-state index contributed by atoms with van der Waals surface area (Å²) in [5.74, 6) is -1.29. The number of aromatic nitrogens is 2. The molecule has 0 aromatic carbocycles. The monoisotopic (exact) mass is 252 g/mol. The molecule has 2 atom stereocenters. The van der Waals surface area contributed by atoms with Crippen molar-refractivity contribution < 1.29 is 14.8 Å². The summed E-state index contributed by atoms with van der Waals surface area (Å²) in [4.78, 5) is 21.0. The Morgan fingerprint density at radius 3 is 2.94 bits per heavy atom. The van der Waals surface area contributed by atoms with Crippen LogP contribution in [0.15, 0.2) is 18.3 Å². The molecule has 96 valence electrons. The molecule has 8 heteroatoms. The van der Waals surface area contributed by atoms with E-state index in [2.05, 4.69) is 10.4 Å². The number of carbonyl (C=O) groups is 1. The molecule has 0 fully saturated rings. The van der Waals surface area contributed by atoms with Crippen molar-refractivity contribution in [2.24, 2.45) is 13.0 Å². The Labute approximate surface area is 102 Å². The molecule has 1 aromatic heterocycles. The molecule has 0 amide bonds. The fourth-order valence-corrected chi connectivity index (χ4v) is 1.88. The summed E-state index contributed by atoms with van der Waals surface area (Å²) in [6, 6.07) is -0.250. The van der Waals surface area contributed by atoms with Gasteiger partial charge in [-0.15, -0.1) is 5.10 Å². The van der Waals surface area contributed by atoms with Crippen molar-refractivity contribution in [3.63, 3.8) is 0 Å². The molecule has 8 nitrogen and oxygen atoms in total. The second-order valence-corrected chi connectivity index (χ2v) is 4.11. The van der Waals surface area contributed by atoms with Gasteiger partial charge >= 0.3 is 11.7 Å². The molecule has 2 N–H and O–H groups in total. The van der Waals surface area contributed by atoms with Crippen LogP contribution >= 0.6 is 0 Å². The number of carboxylic acids is 1. The number of carboxylic acid groups (broad SMARTS) is 1. The Bertz CT molecular complexity index is 522. The summed E-state index contributed by atoms with van der Waals surface area (Å²) in [6.07, 6.45) is 4.94. The van der Waals surface area contributed by atoms with Gasteiger partial charge in [-0.25, -0.2) is 0 Å². The molecule has 2 unspecified atom stereocenters. The average Bonchev–Trinajstić information content (AvgIpc) is 2.86. The van der Waals surface area contributed by atoms with Gasteiger partial charge in [0.05, 0.1) is 10.8 Å². The van der Waals surface area contributed by atoms with E-state index in [1.54, 1.807) is 19.2 Å². The number of nitro groups is 1. The van der Waals surface area contributed by atoms with Crippen LogP contribution in [0.3, 0.4) is 0 Å². The molecular weight excluding hydrogens is 240 g/mol. The fourth-order valence-electron chi connectivity index (χ4n) is 1.88. The van der Waals surface area contributed by atoms with Crippen molar-refractivity contribution in [1.29, 1.82) is 0 Å². The van der Waals surface area contributed by atoms with E-state index in [-0.39, 0.29) is 17.5 Å². The van der Waals surface area contributed by atoms with Gasteiger partial charge in [0.25, 0.3) is 0 Å². The third-order valence-corrected chi connectivity index (χ3v) is 2.73. The van der Waals surface area contributed by atoms with Gasteiger partial charge in [0, 0.05) is 13.1 Å². The Kier molecular flexibility index (Phi) is 3.00. The van der Waals surface area contributed by atoms with Crippen LogP contribution in [-0.2, 0) is 11.8 Å². The fraction of sp³-hybridized carbons (Fsp3) is 0.400. The van der Waals surface area contributed by atoms with E-state index in [1.807, 2.05) is 0 Å². The van der Waals surface area contributed by atoms with E-state index >= 15 is 0 Å². The minimum absolute atomic E-state index is 0.121. The zero-order valence-electron chi connectivity index (χ0n) is 9.61.